The van der Waals surface area contributed by atoms with Gasteiger partial charge in [-0.25, -0.2) is 0 Å². The van der Waals surface area contributed by atoms with Crippen molar-refractivity contribution in [1.29, 1.82) is 0 Å². The zero-order valence-corrected chi connectivity index (χ0v) is 16.1. The first-order chi connectivity index (χ1) is 12.5. The van der Waals surface area contributed by atoms with Crippen LogP contribution in [0.2, 0.25) is 5.02 Å². The SMILES string of the molecule is CC(C)COc1ccc(C(=O)Nc2ccc(N3CCCC3)c(Cl)c2)cc1. The molecular formula is C21H25ClN2O2. The van der Waals surface area contributed by atoms with Crippen LogP contribution in [0.3, 0.4) is 0 Å². The molecule has 1 aliphatic heterocycles. The first kappa shape index (κ1) is 18.6. The van der Waals surface area contributed by atoms with Gasteiger partial charge >= 0.3 is 0 Å². The summed E-state index contributed by atoms with van der Waals surface area (Å²) >= 11 is 6.41. The van der Waals surface area contributed by atoms with Crippen molar-refractivity contribution >= 4 is 28.9 Å². The van der Waals surface area contributed by atoms with E-state index in [0.717, 1.165) is 24.5 Å². The Labute approximate surface area is 160 Å². The van der Waals surface area contributed by atoms with Crippen molar-refractivity contribution in [3.05, 3.63) is 53.1 Å². The van der Waals surface area contributed by atoms with E-state index < -0.39 is 0 Å². The minimum atomic E-state index is -0.162. The number of hydrogen-bond acceptors (Lipinski definition) is 3. The molecule has 138 valence electrons. The predicted octanol–water partition coefficient (Wildman–Crippen LogP) is 5.23. The van der Waals surface area contributed by atoms with Gasteiger partial charge in [0, 0.05) is 24.3 Å². The van der Waals surface area contributed by atoms with Crippen LogP contribution < -0.4 is 15.0 Å². The molecule has 5 heteroatoms. The fraction of sp³-hybridized carbons (Fsp3) is 0.381. The van der Waals surface area contributed by atoms with Crippen molar-refractivity contribution in [3.63, 3.8) is 0 Å². The van der Waals surface area contributed by atoms with E-state index in [1.165, 1.54) is 12.8 Å². The third-order valence-corrected chi connectivity index (χ3v) is 4.65. The van der Waals surface area contributed by atoms with Crippen molar-refractivity contribution in [2.75, 3.05) is 29.9 Å². The highest BCUT2D eigenvalue weighted by Gasteiger charge is 2.16. The standard InChI is InChI=1S/C21H25ClN2O2/c1-15(2)14-26-18-8-5-16(6-9-18)21(25)23-17-7-10-20(19(22)13-17)24-11-3-4-12-24/h5-10,13,15H,3-4,11-12,14H2,1-2H3,(H,23,25). The molecule has 0 bridgehead atoms. The molecule has 3 rings (SSSR count). The van der Waals surface area contributed by atoms with E-state index in [4.69, 9.17) is 16.3 Å². The van der Waals surface area contributed by atoms with Gasteiger partial charge < -0.3 is 15.0 Å². The van der Waals surface area contributed by atoms with Crippen molar-refractivity contribution < 1.29 is 9.53 Å². The normalized spacial score (nSPS) is 13.9. The van der Waals surface area contributed by atoms with E-state index in [0.29, 0.717) is 28.8 Å². The van der Waals surface area contributed by atoms with E-state index in [-0.39, 0.29) is 5.91 Å². The van der Waals surface area contributed by atoms with Crippen LogP contribution in [0, 0.1) is 5.92 Å². The topological polar surface area (TPSA) is 41.6 Å². The van der Waals surface area contributed by atoms with Crippen LogP contribution in [0.25, 0.3) is 0 Å². The Hall–Kier alpha value is -2.20. The molecule has 2 aromatic rings. The van der Waals surface area contributed by atoms with Gasteiger partial charge in [-0.05, 0) is 61.2 Å². The van der Waals surface area contributed by atoms with Crippen LogP contribution in [-0.4, -0.2) is 25.6 Å². The number of rotatable bonds is 6. The average molecular weight is 373 g/mol. The summed E-state index contributed by atoms with van der Waals surface area (Å²) in [7, 11) is 0. The molecule has 26 heavy (non-hydrogen) atoms. The molecular weight excluding hydrogens is 348 g/mol. The molecule has 0 radical (unpaired) electrons. The molecule has 1 aliphatic rings. The summed E-state index contributed by atoms with van der Waals surface area (Å²) in [4.78, 5) is 14.7. The molecule has 1 amide bonds. The molecule has 2 aromatic carbocycles. The van der Waals surface area contributed by atoms with Crippen LogP contribution in [-0.2, 0) is 0 Å². The molecule has 1 heterocycles. The van der Waals surface area contributed by atoms with Gasteiger partial charge in [0.25, 0.3) is 5.91 Å². The molecule has 0 aromatic heterocycles. The molecule has 0 saturated carbocycles. The van der Waals surface area contributed by atoms with Crippen molar-refractivity contribution in [2.45, 2.75) is 26.7 Å². The summed E-state index contributed by atoms with van der Waals surface area (Å²) in [5, 5.41) is 3.57. The first-order valence-electron chi connectivity index (χ1n) is 9.11. The summed E-state index contributed by atoms with van der Waals surface area (Å²) in [5.41, 5.74) is 2.32. The number of ether oxygens (including phenoxy) is 1. The Morgan fingerprint density at radius 2 is 1.85 bits per heavy atom. The maximum atomic E-state index is 12.4. The lowest BCUT2D eigenvalue weighted by atomic mass is 10.2. The van der Waals surface area contributed by atoms with E-state index in [1.807, 2.05) is 30.3 Å². The monoisotopic (exact) mass is 372 g/mol. The maximum Gasteiger partial charge on any atom is 0.255 e. The van der Waals surface area contributed by atoms with Gasteiger partial charge in [0.2, 0.25) is 0 Å². The zero-order chi connectivity index (χ0) is 18.5. The molecule has 4 nitrogen and oxygen atoms in total. The number of anilines is 2. The first-order valence-corrected chi connectivity index (χ1v) is 9.49. The summed E-state index contributed by atoms with van der Waals surface area (Å²) in [5.74, 6) is 1.07. The van der Waals surface area contributed by atoms with Crippen LogP contribution in [0.4, 0.5) is 11.4 Å². The quantitative estimate of drug-likeness (QED) is 0.755. The number of nitrogens with one attached hydrogen (secondary N) is 1. The molecule has 1 fully saturated rings. The molecule has 1 N–H and O–H groups in total. The van der Waals surface area contributed by atoms with E-state index >= 15 is 0 Å². The number of hydrogen-bond donors (Lipinski definition) is 1. The van der Waals surface area contributed by atoms with Gasteiger partial charge in [-0.1, -0.05) is 25.4 Å². The van der Waals surface area contributed by atoms with Gasteiger partial charge in [-0.3, -0.25) is 4.79 Å². The number of carbonyl (C=O) groups is 1. The van der Waals surface area contributed by atoms with Gasteiger partial charge in [-0.2, -0.15) is 0 Å². The zero-order valence-electron chi connectivity index (χ0n) is 15.3. The Balaban J connectivity index is 1.63. The number of amides is 1. The number of nitrogens with zero attached hydrogens (tertiary/aromatic N) is 1. The molecule has 1 saturated heterocycles. The fourth-order valence-electron chi connectivity index (χ4n) is 2.97. The highest BCUT2D eigenvalue weighted by molar-refractivity contribution is 6.33. The number of benzene rings is 2. The highest BCUT2D eigenvalue weighted by Crippen LogP contribution is 2.31. The third kappa shape index (κ3) is 4.70. The minimum absolute atomic E-state index is 0.162. The molecule has 0 atom stereocenters. The Morgan fingerprint density at radius 1 is 1.15 bits per heavy atom. The second-order valence-electron chi connectivity index (χ2n) is 7.04. The number of halogens is 1. The third-order valence-electron chi connectivity index (χ3n) is 4.35. The van der Waals surface area contributed by atoms with Gasteiger partial charge in [0.15, 0.2) is 0 Å². The van der Waals surface area contributed by atoms with Crippen molar-refractivity contribution in [2.24, 2.45) is 5.92 Å². The van der Waals surface area contributed by atoms with Gasteiger partial charge in [0.05, 0.1) is 17.3 Å². The number of carbonyl (C=O) groups excluding carboxylic acids is 1. The second kappa shape index (κ2) is 8.45. The van der Waals surface area contributed by atoms with Crippen molar-refractivity contribution in [3.8, 4) is 5.75 Å². The second-order valence-corrected chi connectivity index (χ2v) is 7.45. The van der Waals surface area contributed by atoms with E-state index in [1.54, 1.807) is 12.1 Å². The minimum Gasteiger partial charge on any atom is -0.493 e. The Bertz CT molecular complexity index is 753. The summed E-state index contributed by atoms with van der Waals surface area (Å²) in [6.45, 7) is 6.94. The van der Waals surface area contributed by atoms with Crippen LogP contribution >= 0.6 is 11.6 Å². The lowest BCUT2D eigenvalue weighted by Gasteiger charge is -2.19. The Kier molecular flexibility index (Phi) is 6.04. The Morgan fingerprint density at radius 3 is 2.46 bits per heavy atom. The smallest absolute Gasteiger partial charge is 0.255 e. The molecule has 0 unspecified atom stereocenters. The maximum absolute atomic E-state index is 12.4. The van der Waals surface area contributed by atoms with Gasteiger partial charge in [0.1, 0.15) is 5.75 Å². The summed E-state index contributed by atoms with van der Waals surface area (Å²) in [6.07, 6.45) is 2.40. The van der Waals surface area contributed by atoms with Crippen LogP contribution in [0.15, 0.2) is 42.5 Å². The lowest BCUT2D eigenvalue weighted by Crippen LogP contribution is -2.18. The van der Waals surface area contributed by atoms with Crippen molar-refractivity contribution in [1.82, 2.24) is 0 Å². The lowest BCUT2D eigenvalue weighted by molar-refractivity contribution is 0.102. The highest BCUT2D eigenvalue weighted by atomic mass is 35.5. The van der Waals surface area contributed by atoms with E-state index in [2.05, 4.69) is 24.1 Å². The predicted molar refractivity (Wildman–Crippen MR) is 108 cm³/mol. The van der Waals surface area contributed by atoms with Gasteiger partial charge in [-0.15, -0.1) is 0 Å². The van der Waals surface area contributed by atoms with Crippen LogP contribution in [0.1, 0.15) is 37.0 Å². The molecule has 0 aliphatic carbocycles. The largest absolute Gasteiger partial charge is 0.493 e. The average Bonchev–Trinajstić information content (AvgIpc) is 3.15. The molecule has 0 spiro atoms. The van der Waals surface area contributed by atoms with Crippen LogP contribution in [0.5, 0.6) is 5.75 Å². The summed E-state index contributed by atoms with van der Waals surface area (Å²) in [6, 6.07) is 12.9. The van der Waals surface area contributed by atoms with E-state index in [9.17, 15) is 4.79 Å². The summed E-state index contributed by atoms with van der Waals surface area (Å²) < 4.78 is 5.64. The fourth-order valence-corrected chi connectivity index (χ4v) is 3.27.